The first-order valence-electron chi connectivity index (χ1n) is 12.1. The van der Waals surface area contributed by atoms with Crippen LogP contribution in [0.1, 0.15) is 35.5 Å². The van der Waals surface area contributed by atoms with Crippen LogP contribution in [0, 0.1) is 0 Å². The van der Waals surface area contributed by atoms with Crippen molar-refractivity contribution in [2.24, 2.45) is 0 Å². The second-order valence-electron chi connectivity index (χ2n) is 10.0. The maximum Gasteiger partial charge on any atom is 0.343 e. The van der Waals surface area contributed by atoms with Gasteiger partial charge in [-0.25, -0.2) is 4.79 Å². The Morgan fingerprint density at radius 3 is 2.44 bits per heavy atom. The molecule has 2 bridgehead atoms. The summed E-state index contributed by atoms with van der Waals surface area (Å²) in [5.41, 5.74) is 2.85. The van der Waals surface area contributed by atoms with E-state index in [9.17, 15) is 9.59 Å². The minimum absolute atomic E-state index is 0.0611. The molecule has 5 aromatic rings. The standard InChI is InChI=1S/C28H23N3O5/c1-27-28(35-3,26(33)34-2)12-19(36-27)30-17-10-6-4-8-14(17)21-22-16(13-29-25(22)32)20-15-9-5-7-11-18(15)31(27)24(20)23(21)30/h4-11,19H,12-13H2,1-3H3,(H,29,32)/t19-,27+,28+/m0/s1. The Hall–Kier alpha value is -3.88. The lowest BCUT2D eigenvalue weighted by Gasteiger charge is -2.40. The number of esters is 1. The van der Waals surface area contributed by atoms with Crippen LogP contribution < -0.4 is 5.32 Å². The summed E-state index contributed by atoms with van der Waals surface area (Å²) in [6, 6.07) is 16.2. The number of amides is 1. The molecule has 3 aliphatic heterocycles. The van der Waals surface area contributed by atoms with E-state index in [0.717, 1.165) is 54.7 Å². The molecule has 36 heavy (non-hydrogen) atoms. The van der Waals surface area contributed by atoms with Gasteiger partial charge in [0.2, 0.25) is 5.60 Å². The Balaban J connectivity index is 1.72. The van der Waals surface area contributed by atoms with Gasteiger partial charge in [-0.2, -0.15) is 0 Å². The van der Waals surface area contributed by atoms with Crippen LogP contribution in [0.2, 0.25) is 0 Å². The molecule has 1 amide bonds. The third kappa shape index (κ3) is 1.93. The van der Waals surface area contributed by atoms with Crippen molar-refractivity contribution in [3.05, 3.63) is 59.7 Å². The maximum atomic E-state index is 13.5. The lowest BCUT2D eigenvalue weighted by atomic mass is 9.88. The van der Waals surface area contributed by atoms with Gasteiger partial charge in [-0.1, -0.05) is 36.4 Å². The van der Waals surface area contributed by atoms with Crippen molar-refractivity contribution in [3.63, 3.8) is 0 Å². The van der Waals surface area contributed by atoms with E-state index in [1.165, 1.54) is 7.11 Å². The van der Waals surface area contributed by atoms with Crippen molar-refractivity contribution in [3.8, 4) is 0 Å². The van der Waals surface area contributed by atoms with Crippen molar-refractivity contribution in [1.82, 2.24) is 14.5 Å². The van der Waals surface area contributed by atoms with Crippen molar-refractivity contribution in [2.75, 3.05) is 14.2 Å². The van der Waals surface area contributed by atoms with E-state index in [4.69, 9.17) is 14.2 Å². The third-order valence-corrected chi connectivity index (χ3v) is 8.67. The van der Waals surface area contributed by atoms with E-state index >= 15 is 0 Å². The number of benzene rings is 3. The molecule has 8 rings (SSSR count). The average molecular weight is 482 g/mol. The first-order chi connectivity index (χ1) is 17.5. The zero-order valence-corrected chi connectivity index (χ0v) is 20.0. The molecule has 1 saturated heterocycles. The molecule has 0 spiro atoms. The molecule has 0 radical (unpaired) electrons. The van der Waals surface area contributed by atoms with Gasteiger partial charge in [0.05, 0.1) is 34.7 Å². The lowest BCUT2D eigenvalue weighted by molar-refractivity contribution is -0.210. The molecule has 1 fully saturated rings. The van der Waals surface area contributed by atoms with Crippen molar-refractivity contribution in [1.29, 1.82) is 0 Å². The highest BCUT2D eigenvalue weighted by Crippen LogP contribution is 2.58. The fraction of sp³-hybridized carbons (Fsp3) is 0.286. The molecule has 3 atom stereocenters. The predicted molar refractivity (Wildman–Crippen MR) is 134 cm³/mol. The van der Waals surface area contributed by atoms with E-state index in [1.807, 2.05) is 43.3 Å². The number of para-hydroxylation sites is 2. The molecule has 5 heterocycles. The topological polar surface area (TPSA) is 83.7 Å². The largest absolute Gasteiger partial charge is 0.467 e. The van der Waals surface area contributed by atoms with Gasteiger partial charge < -0.3 is 28.7 Å². The first-order valence-corrected chi connectivity index (χ1v) is 12.1. The lowest BCUT2D eigenvalue weighted by Crippen LogP contribution is -2.57. The number of carbonyl (C=O) groups excluding carboxylic acids is 2. The number of nitrogens with one attached hydrogen (secondary N) is 1. The van der Waals surface area contributed by atoms with Gasteiger partial charge in [-0.05, 0) is 24.6 Å². The quantitative estimate of drug-likeness (QED) is 0.380. The summed E-state index contributed by atoms with van der Waals surface area (Å²) in [5, 5.41) is 6.98. The fourth-order valence-electron chi connectivity index (χ4n) is 7.23. The summed E-state index contributed by atoms with van der Waals surface area (Å²) in [4.78, 5) is 26.8. The van der Waals surface area contributed by atoms with Gasteiger partial charge in [-0.15, -0.1) is 0 Å². The van der Waals surface area contributed by atoms with Crippen LogP contribution in [0.25, 0.3) is 43.6 Å². The van der Waals surface area contributed by atoms with Crippen molar-refractivity contribution >= 4 is 55.5 Å². The number of fused-ring (bicyclic) bond motifs is 13. The molecule has 0 saturated carbocycles. The first kappa shape index (κ1) is 20.3. The Labute approximate surface area is 205 Å². The molecule has 2 aromatic heterocycles. The second-order valence-corrected chi connectivity index (χ2v) is 10.0. The molecule has 8 nitrogen and oxygen atoms in total. The van der Waals surface area contributed by atoms with E-state index < -0.39 is 23.5 Å². The summed E-state index contributed by atoms with van der Waals surface area (Å²) >= 11 is 0. The highest BCUT2D eigenvalue weighted by atomic mass is 16.6. The van der Waals surface area contributed by atoms with Crippen LogP contribution in [0.4, 0.5) is 0 Å². The summed E-state index contributed by atoms with van der Waals surface area (Å²) in [7, 11) is 2.92. The van der Waals surface area contributed by atoms with Crippen LogP contribution >= 0.6 is 0 Å². The van der Waals surface area contributed by atoms with Crippen molar-refractivity contribution in [2.45, 2.75) is 37.4 Å². The highest BCUT2D eigenvalue weighted by molar-refractivity contribution is 6.31. The van der Waals surface area contributed by atoms with Gasteiger partial charge >= 0.3 is 5.97 Å². The smallest absolute Gasteiger partial charge is 0.343 e. The minimum atomic E-state index is -1.39. The maximum absolute atomic E-state index is 13.5. The van der Waals surface area contributed by atoms with Crippen LogP contribution in [0.3, 0.4) is 0 Å². The molecule has 3 aromatic carbocycles. The van der Waals surface area contributed by atoms with Crippen molar-refractivity contribution < 1.29 is 23.8 Å². The predicted octanol–water partition coefficient (Wildman–Crippen LogP) is 4.31. The fourth-order valence-corrected chi connectivity index (χ4v) is 7.23. The molecular weight excluding hydrogens is 458 g/mol. The zero-order chi connectivity index (χ0) is 24.6. The summed E-state index contributed by atoms with van der Waals surface area (Å²) < 4.78 is 22.6. The van der Waals surface area contributed by atoms with Gasteiger partial charge in [0, 0.05) is 41.6 Å². The number of aromatic nitrogens is 2. The normalized spacial score (nSPS) is 26.3. The van der Waals surface area contributed by atoms with E-state index in [0.29, 0.717) is 6.54 Å². The monoisotopic (exact) mass is 481 g/mol. The summed E-state index contributed by atoms with van der Waals surface area (Å²) in [5.74, 6) is -0.538. The van der Waals surface area contributed by atoms with Gasteiger partial charge in [-0.3, -0.25) is 4.79 Å². The van der Waals surface area contributed by atoms with E-state index in [-0.39, 0.29) is 12.3 Å². The third-order valence-electron chi connectivity index (χ3n) is 8.67. The summed E-state index contributed by atoms with van der Waals surface area (Å²) in [6.45, 7) is 2.36. The molecule has 1 N–H and O–H groups in total. The van der Waals surface area contributed by atoms with E-state index in [1.54, 1.807) is 7.11 Å². The molecule has 180 valence electrons. The highest BCUT2D eigenvalue weighted by Gasteiger charge is 2.67. The Kier molecular flexibility index (Phi) is 3.54. The van der Waals surface area contributed by atoms with Gasteiger partial charge in [0.1, 0.15) is 6.23 Å². The van der Waals surface area contributed by atoms with Gasteiger partial charge in [0.25, 0.3) is 5.91 Å². The SMILES string of the molecule is COC(=O)[C@]1(OC)C[C@@H]2O[C@@]1(C)n1c3ccccc3c3c4c(c5c6ccccc6n2c5c31)C(=O)NC4. The summed E-state index contributed by atoms with van der Waals surface area (Å²) in [6.07, 6.45) is -0.252. The van der Waals surface area contributed by atoms with Crippen LogP contribution in [-0.2, 0) is 31.3 Å². The average Bonchev–Trinajstić information content (AvgIpc) is 3.60. The molecule has 3 aliphatic rings. The second kappa shape index (κ2) is 6.27. The van der Waals surface area contributed by atoms with E-state index in [2.05, 4.69) is 26.6 Å². The molecule has 0 aliphatic carbocycles. The van der Waals surface area contributed by atoms with Crippen LogP contribution in [0.5, 0.6) is 0 Å². The molecular formula is C28H23N3O5. The number of hydrogen-bond donors (Lipinski definition) is 1. The number of hydrogen-bond acceptors (Lipinski definition) is 5. The Morgan fingerprint density at radius 2 is 1.72 bits per heavy atom. The number of methoxy groups -OCH3 is 2. The Bertz CT molecular complexity index is 1850. The number of rotatable bonds is 2. The Morgan fingerprint density at radius 1 is 1.03 bits per heavy atom. The number of nitrogens with zero attached hydrogens (tertiary/aromatic N) is 2. The molecule has 0 unspecified atom stereocenters. The zero-order valence-electron chi connectivity index (χ0n) is 20.0. The van der Waals surface area contributed by atoms with Gasteiger partial charge in [0.15, 0.2) is 5.72 Å². The number of ether oxygens (including phenoxy) is 3. The minimum Gasteiger partial charge on any atom is -0.467 e. The number of carbonyl (C=O) groups is 2. The molecule has 8 heteroatoms. The van der Waals surface area contributed by atoms with Crippen LogP contribution in [0.15, 0.2) is 48.5 Å². The van der Waals surface area contributed by atoms with Crippen LogP contribution in [-0.4, -0.2) is 40.8 Å².